The van der Waals surface area contributed by atoms with E-state index < -0.39 is 10.0 Å². The van der Waals surface area contributed by atoms with E-state index in [9.17, 15) is 13.2 Å². The first-order chi connectivity index (χ1) is 11.0. The van der Waals surface area contributed by atoms with Crippen molar-refractivity contribution in [1.29, 1.82) is 0 Å². The van der Waals surface area contributed by atoms with Crippen molar-refractivity contribution in [2.45, 2.75) is 18.2 Å². The molecule has 1 rings (SSSR count). The van der Waals surface area contributed by atoms with Gasteiger partial charge < -0.3 is 14.8 Å². The van der Waals surface area contributed by atoms with Gasteiger partial charge in [-0.25, -0.2) is 13.1 Å². The van der Waals surface area contributed by atoms with Gasteiger partial charge in [0.2, 0.25) is 15.9 Å². The van der Waals surface area contributed by atoms with Crippen molar-refractivity contribution in [3.05, 3.63) is 29.8 Å². The summed E-state index contributed by atoms with van der Waals surface area (Å²) in [6, 6.07) is 6.72. The molecule has 0 bridgehead atoms. The summed E-state index contributed by atoms with van der Waals surface area (Å²) in [5, 5.41) is 2.57. The maximum absolute atomic E-state index is 12.1. The van der Waals surface area contributed by atoms with Crippen LogP contribution in [-0.2, 0) is 30.7 Å². The fourth-order valence-electron chi connectivity index (χ4n) is 1.73. The molecule has 0 aliphatic carbocycles. The Morgan fingerprint density at radius 3 is 2.43 bits per heavy atom. The van der Waals surface area contributed by atoms with Gasteiger partial charge in [0.05, 0.1) is 18.1 Å². The minimum Gasteiger partial charge on any atom is -0.382 e. The number of ether oxygens (including phenoxy) is 2. The number of methoxy groups -OCH3 is 1. The standard InChI is InChI=1S/C15H24N2O5S/c1-3-13-4-6-14(7-5-13)23(19,20)17-9-8-16-15(18)12-22-11-10-21-2/h4-7,17H,3,8-12H2,1-2H3,(H,16,18). The van der Waals surface area contributed by atoms with E-state index in [-0.39, 0.29) is 30.5 Å². The van der Waals surface area contributed by atoms with Crippen LogP contribution in [0.3, 0.4) is 0 Å². The van der Waals surface area contributed by atoms with Gasteiger partial charge in [-0.05, 0) is 24.1 Å². The second kappa shape index (κ2) is 10.3. The molecule has 1 amide bonds. The molecule has 0 saturated carbocycles. The van der Waals surface area contributed by atoms with Crippen molar-refractivity contribution in [2.24, 2.45) is 0 Å². The lowest BCUT2D eigenvalue weighted by atomic mass is 10.2. The molecule has 0 unspecified atom stereocenters. The Morgan fingerprint density at radius 2 is 1.83 bits per heavy atom. The normalized spacial score (nSPS) is 11.4. The van der Waals surface area contributed by atoms with Gasteiger partial charge in [-0.3, -0.25) is 4.79 Å². The van der Waals surface area contributed by atoms with E-state index in [1.165, 1.54) is 0 Å². The quantitative estimate of drug-likeness (QED) is 0.564. The first-order valence-electron chi connectivity index (χ1n) is 7.41. The Kier molecular flexibility index (Phi) is 8.78. The van der Waals surface area contributed by atoms with Crippen LogP contribution in [0.2, 0.25) is 0 Å². The van der Waals surface area contributed by atoms with Crippen molar-refractivity contribution in [3.8, 4) is 0 Å². The number of amides is 1. The smallest absolute Gasteiger partial charge is 0.246 e. The zero-order chi connectivity index (χ0) is 17.1. The highest BCUT2D eigenvalue weighted by molar-refractivity contribution is 7.89. The molecule has 23 heavy (non-hydrogen) atoms. The van der Waals surface area contributed by atoms with Crippen LogP contribution >= 0.6 is 0 Å². The number of carbonyl (C=O) groups excluding carboxylic acids is 1. The first kappa shape index (κ1) is 19.6. The third-order valence-electron chi connectivity index (χ3n) is 3.05. The van der Waals surface area contributed by atoms with Gasteiger partial charge in [0.25, 0.3) is 0 Å². The maximum Gasteiger partial charge on any atom is 0.246 e. The van der Waals surface area contributed by atoms with Gasteiger partial charge >= 0.3 is 0 Å². The van der Waals surface area contributed by atoms with Gasteiger partial charge in [0.1, 0.15) is 6.61 Å². The lowest BCUT2D eigenvalue weighted by molar-refractivity contribution is -0.126. The molecule has 0 aromatic heterocycles. The van der Waals surface area contributed by atoms with Crippen molar-refractivity contribution >= 4 is 15.9 Å². The minimum absolute atomic E-state index is 0.0748. The Hall–Kier alpha value is -1.48. The molecule has 0 atom stereocenters. The highest BCUT2D eigenvalue weighted by Gasteiger charge is 2.13. The minimum atomic E-state index is -3.56. The molecule has 2 N–H and O–H groups in total. The molecule has 130 valence electrons. The van der Waals surface area contributed by atoms with Crippen LogP contribution < -0.4 is 10.0 Å². The van der Waals surface area contributed by atoms with Gasteiger partial charge in [0.15, 0.2) is 0 Å². The Bertz CT molecular complexity index is 572. The summed E-state index contributed by atoms with van der Waals surface area (Å²) in [7, 11) is -2.01. The van der Waals surface area contributed by atoms with Crippen molar-refractivity contribution < 1.29 is 22.7 Å². The highest BCUT2D eigenvalue weighted by atomic mass is 32.2. The van der Waals surface area contributed by atoms with Crippen LogP contribution in [0.15, 0.2) is 29.2 Å². The van der Waals surface area contributed by atoms with Crippen molar-refractivity contribution in [3.63, 3.8) is 0 Å². The fourth-order valence-corrected chi connectivity index (χ4v) is 2.76. The van der Waals surface area contributed by atoms with Crippen LogP contribution in [0.5, 0.6) is 0 Å². The molecule has 0 saturated heterocycles. The number of benzene rings is 1. The molecule has 8 heteroatoms. The number of rotatable bonds is 11. The Labute approximate surface area is 137 Å². The SMILES string of the molecule is CCc1ccc(S(=O)(=O)NCCNC(=O)COCCOC)cc1. The summed E-state index contributed by atoms with van der Waals surface area (Å²) in [6.45, 7) is 2.99. The number of hydrogen-bond acceptors (Lipinski definition) is 5. The predicted octanol–water partition coefficient (Wildman–Crippen LogP) is 0.307. The molecule has 0 radical (unpaired) electrons. The number of carbonyl (C=O) groups is 1. The third-order valence-corrected chi connectivity index (χ3v) is 4.52. The van der Waals surface area contributed by atoms with E-state index in [1.807, 2.05) is 6.92 Å². The lowest BCUT2D eigenvalue weighted by Crippen LogP contribution is -2.36. The summed E-state index contributed by atoms with van der Waals surface area (Å²) in [6.07, 6.45) is 0.853. The van der Waals surface area contributed by atoms with Crippen molar-refractivity contribution in [2.75, 3.05) is 40.0 Å². The van der Waals surface area contributed by atoms with E-state index >= 15 is 0 Å². The molecule has 0 fully saturated rings. The fraction of sp³-hybridized carbons (Fsp3) is 0.533. The first-order valence-corrected chi connectivity index (χ1v) is 8.90. The second-order valence-electron chi connectivity index (χ2n) is 4.79. The van der Waals surface area contributed by atoms with E-state index in [4.69, 9.17) is 9.47 Å². The van der Waals surface area contributed by atoms with Crippen LogP contribution in [-0.4, -0.2) is 54.3 Å². The van der Waals surface area contributed by atoms with E-state index in [0.717, 1.165) is 12.0 Å². The topological polar surface area (TPSA) is 93.7 Å². The summed E-state index contributed by atoms with van der Waals surface area (Å²) in [5.41, 5.74) is 1.07. The molecule has 0 aliphatic heterocycles. The third kappa shape index (κ3) is 7.56. The number of sulfonamides is 1. The molecule has 1 aromatic rings. The number of aryl methyl sites for hydroxylation is 1. The average Bonchev–Trinajstić information content (AvgIpc) is 2.56. The highest BCUT2D eigenvalue weighted by Crippen LogP contribution is 2.10. The summed E-state index contributed by atoms with van der Waals surface area (Å²) in [4.78, 5) is 11.6. The van der Waals surface area contributed by atoms with Crippen LogP contribution in [0, 0.1) is 0 Å². The van der Waals surface area contributed by atoms with Gasteiger partial charge in [-0.2, -0.15) is 0 Å². The molecular weight excluding hydrogens is 320 g/mol. The van der Waals surface area contributed by atoms with Crippen LogP contribution in [0.1, 0.15) is 12.5 Å². The molecule has 1 aromatic carbocycles. The molecule has 7 nitrogen and oxygen atoms in total. The lowest BCUT2D eigenvalue weighted by Gasteiger charge is -2.09. The summed E-state index contributed by atoms with van der Waals surface area (Å²) >= 11 is 0. The van der Waals surface area contributed by atoms with Gasteiger partial charge in [-0.1, -0.05) is 19.1 Å². The Balaban J connectivity index is 2.29. The predicted molar refractivity (Wildman–Crippen MR) is 86.7 cm³/mol. The largest absolute Gasteiger partial charge is 0.382 e. The molecule has 0 aliphatic rings. The summed E-state index contributed by atoms with van der Waals surface area (Å²) < 4.78 is 36.4. The monoisotopic (exact) mass is 344 g/mol. The summed E-state index contributed by atoms with van der Waals surface area (Å²) in [5.74, 6) is -0.299. The van der Waals surface area contributed by atoms with Gasteiger partial charge in [-0.15, -0.1) is 0 Å². The second-order valence-corrected chi connectivity index (χ2v) is 6.56. The molecular formula is C15H24N2O5S. The van der Waals surface area contributed by atoms with Crippen LogP contribution in [0.25, 0.3) is 0 Å². The Morgan fingerprint density at radius 1 is 1.13 bits per heavy atom. The zero-order valence-corrected chi connectivity index (χ0v) is 14.3. The van der Waals surface area contributed by atoms with E-state index in [0.29, 0.717) is 13.2 Å². The molecule has 0 heterocycles. The number of hydrogen-bond donors (Lipinski definition) is 2. The van der Waals surface area contributed by atoms with E-state index in [1.54, 1.807) is 31.4 Å². The number of nitrogens with one attached hydrogen (secondary N) is 2. The zero-order valence-electron chi connectivity index (χ0n) is 13.5. The van der Waals surface area contributed by atoms with E-state index in [2.05, 4.69) is 10.0 Å². The average molecular weight is 344 g/mol. The van der Waals surface area contributed by atoms with Crippen LogP contribution in [0.4, 0.5) is 0 Å². The maximum atomic E-state index is 12.1. The molecule has 0 spiro atoms. The van der Waals surface area contributed by atoms with Gasteiger partial charge in [0, 0.05) is 20.2 Å². The van der Waals surface area contributed by atoms with Crippen molar-refractivity contribution in [1.82, 2.24) is 10.0 Å².